The number of esters is 1. The van der Waals surface area contributed by atoms with Gasteiger partial charge in [-0.15, -0.1) is 0 Å². The predicted molar refractivity (Wildman–Crippen MR) is 88.3 cm³/mol. The maximum Gasteiger partial charge on any atom is 0.338 e. The van der Waals surface area contributed by atoms with E-state index in [1.54, 1.807) is 54.2 Å². The van der Waals surface area contributed by atoms with Crippen molar-refractivity contribution in [2.75, 3.05) is 6.61 Å². The lowest BCUT2D eigenvalue weighted by Gasteiger charge is -2.10. The number of nitrogens with zero attached hydrogens (tertiary/aromatic N) is 2. The lowest BCUT2D eigenvalue weighted by atomic mass is 10.1. The minimum absolute atomic E-state index is 0.0129. The second kappa shape index (κ2) is 6.45. The second-order valence-corrected chi connectivity index (χ2v) is 5.10. The molecule has 6 nitrogen and oxygen atoms in total. The smallest absolute Gasteiger partial charge is 0.338 e. The van der Waals surface area contributed by atoms with E-state index in [-0.39, 0.29) is 17.5 Å². The Hall–Kier alpha value is -3.28. The van der Waals surface area contributed by atoms with Crippen LogP contribution in [-0.2, 0) is 4.74 Å². The number of aromatic hydroxyl groups is 2. The van der Waals surface area contributed by atoms with Gasteiger partial charge in [0.15, 0.2) is 0 Å². The number of benzene rings is 2. The number of ether oxygens (including phenoxy) is 1. The first kappa shape index (κ1) is 15.6. The normalized spacial score (nSPS) is 10.5. The average molecular weight is 324 g/mol. The lowest BCUT2D eigenvalue weighted by Crippen LogP contribution is -2.05. The molecule has 0 saturated carbocycles. The van der Waals surface area contributed by atoms with Gasteiger partial charge in [-0.25, -0.2) is 9.48 Å². The molecule has 0 aliphatic rings. The van der Waals surface area contributed by atoms with Gasteiger partial charge in [0, 0.05) is 11.6 Å². The summed E-state index contributed by atoms with van der Waals surface area (Å²) in [5.41, 5.74) is 2.40. The summed E-state index contributed by atoms with van der Waals surface area (Å²) in [7, 11) is 0. The quantitative estimate of drug-likeness (QED) is 0.720. The van der Waals surface area contributed by atoms with Crippen LogP contribution in [0.3, 0.4) is 0 Å². The fourth-order valence-corrected chi connectivity index (χ4v) is 2.40. The van der Waals surface area contributed by atoms with E-state index in [9.17, 15) is 15.0 Å². The molecule has 0 saturated heterocycles. The van der Waals surface area contributed by atoms with Crippen molar-refractivity contribution < 1.29 is 19.7 Å². The summed E-state index contributed by atoms with van der Waals surface area (Å²) in [5, 5.41) is 23.7. The largest absolute Gasteiger partial charge is 0.508 e. The number of rotatable bonds is 4. The number of carbonyl (C=O) groups is 1. The Labute approximate surface area is 138 Å². The molecule has 24 heavy (non-hydrogen) atoms. The summed E-state index contributed by atoms with van der Waals surface area (Å²) < 4.78 is 6.60. The Bertz CT molecular complexity index is 869. The van der Waals surface area contributed by atoms with E-state index >= 15 is 0 Å². The van der Waals surface area contributed by atoms with E-state index in [1.165, 1.54) is 12.1 Å². The number of aromatic nitrogens is 2. The third kappa shape index (κ3) is 2.94. The van der Waals surface area contributed by atoms with Gasteiger partial charge in [0.2, 0.25) is 0 Å². The molecule has 0 unspecified atom stereocenters. The SMILES string of the molecule is CCOC(=O)c1ccc(-n2nccc2-c2ccc(O)cc2O)cc1. The van der Waals surface area contributed by atoms with E-state index in [2.05, 4.69) is 5.10 Å². The van der Waals surface area contributed by atoms with Gasteiger partial charge in [-0.05, 0) is 49.4 Å². The fourth-order valence-electron chi connectivity index (χ4n) is 2.40. The number of phenolic OH excluding ortho intramolecular Hbond substituents is 2. The van der Waals surface area contributed by atoms with Gasteiger partial charge in [-0.1, -0.05) is 0 Å². The topological polar surface area (TPSA) is 84.6 Å². The number of hydrogen-bond acceptors (Lipinski definition) is 5. The predicted octanol–water partition coefficient (Wildman–Crippen LogP) is 3.13. The van der Waals surface area contributed by atoms with Crippen LogP contribution in [0.1, 0.15) is 17.3 Å². The van der Waals surface area contributed by atoms with Crippen molar-refractivity contribution in [3.8, 4) is 28.4 Å². The molecule has 0 spiro atoms. The maximum absolute atomic E-state index is 11.7. The number of carbonyl (C=O) groups excluding carboxylic acids is 1. The van der Waals surface area contributed by atoms with Crippen molar-refractivity contribution in [1.82, 2.24) is 9.78 Å². The number of phenols is 2. The van der Waals surface area contributed by atoms with Crippen molar-refractivity contribution >= 4 is 5.97 Å². The first-order valence-corrected chi connectivity index (χ1v) is 7.44. The molecule has 2 N–H and O–H groups in total. The van der Waals surface area contributed by atoms with Gasteiger partial charge < -0.3 is 14.9 Å². The summed E-state index contributed by atoms with van der Waals surface area (Å²) >= 11 is 0. The summed E-state index contributed by atoms with van der Waals surface area (Å²) in [6.07, 6.45) is 1.61. The molecular weight excluding hydrogens is 308 g/mol. The van der Waals surface area contributed by atoms with E-state index < -0.39 is 0 Å². The molecule has 0 bridgehead atoms. The molecule has 3 aromatic rings. The van der Waals surface area contributed by atoms with Gasteiger partial charge in [0.1, 0.15) is 11.5 Å². The zero-order valence-corrected chi connectivity index (χ0v) is 13.0. The first-order chi connectivity index (χ1) is 11.6. The van der Waals surface area contributed by atoms with E-state index in [4.69, 9.17) is 4.74 Å². The number of hydrogen-bond donors (Lipinski definition) is 2. The Morgan fingerprint density at radius 3 is 2.54 bits per heavy atom. The van der Waals surface area contributed by atoms with Crippen molar-refractivity contribution in [1.29, 1.82) is 0 Å². The third-order valence-corrected chi connectivity index (χ3v) is 3.52. The highest BCUT2D eigenvalue weighted by molar-refractivity contribution is 5.89. The fraction of sp³-hybridized carbons (Fsp3) is 0.111. The van der Waals surface area contributed by atoms with Crippen LogP contribution < -0.4 is 0 Å². The molecule has 1 heterocycles. The molecule has 0 fully saturated rings. The van der Waals surface area contributed by atoms with Crippen molar-refractivity contribution in [3.05, 3.63) is 60.3 Å². The molecule has 0 radical (unpaired) electrons. The van der Waals surface area contributed by atoms with Crippen LogP contribution in [0.2, 0.25) is 0 Å². The van der Waals surface area contributed by atoms with Crippen LogP contribution in [0.4, 0.5) is 0 Å². The molecule has 3 rings (SSSR count). The Morgan fingerprint density at radius 1 is 1.12 bits per heavy atom. The Kier molecular flexibility index (Phi) is 4.20. The molecule has 0 amide bonds. The van der Waals surface area contributed by atoms with Gasteiger partial charge in [0.05, 0.1) is 29.7 Å². The Morgan fingerprint density at radius 2 is 1.88 bits per heavy atom. The van der Waals surface area contributed by atoms with Gasteiger partial charge in [-0.2, -0.15) is 5.10 Å². The third-order valence-electron chi connectivity index (χ3n) is 3.52. The minimum atomic E-state index is -0.374. The van der Waals surface area contributed by atoms with Crippen molar-refractivity contribution in [2.45, 2.75) is 6.92 Å². The van der Waals surface area contributed by atoms with Crippen LogP contribution in [-0.4, -0.2) is 32.6 Å². The molecule has 2 aromatic carbocycles. The average Bonchev–Trinajstić information content (AvgIpc) is 3.04. The van der Waals surface area contributed by atoms with Crippen LogP contribution >= 0.6 is 0 Å². The highest BCUT2D eigenvalue weighted by Crippen LogP contribution is 2.32. The lowest BCUT2D eigenvalue weighted by molar-refractivity contribution is 0.0526. The van der Waals surface area contributed by atoms with Crippen LogP contribution in [0, 0.1) is 0 Å². The second-order valence-electron chi connectivity index (χ2n) is 5.10. The molecule has 6 heteroatoms. The molecule has 0 aliphatic heterocycles. The maximum atomic E-state index is 11.7. The minimum Gasteiger partial charge on any atom is -0.508 e. The van der Waals surface area contributed by atoms with E-state index in [1.807, 2.05) is 0 Å². The molecule has 122 valence electrons. The first-order valence-electron chi connectivity index (χ1n) is 7.44. The Balaban J connectivity index is 1.97. The summed E-state index contributed by atoms with van der Waals surface area (Å²) in [5.74, 6) is -0.429. The summed E-state index contributed by atoms with van der Waals surface area (Å²) in [6, 6.07) is 13.0. The monoisotopic (exact) mass is 324 g/mol. The molecule has 1 aromatic heterocycles. The van der Waals surface area contributed by atoms with Gasteiger partial charge in [0.25, 0.3) is 0 Å². The standard InChI is InChI=1S/C18H16N2O4/c1-2-24-18(23)12-3-5-13(6-4-12)20-16(9-10-19-20)15-8-7-14(21)11-17(15)22/h3-11,21-22H,2H2,1H3. The zero-order valence-electron chi connectivity index (χ0n) is 13.0. The highest BCUT2D eigenvalue weighted by atomic mass is 16.5. The summed E-state index contributed by atoms with van der Waals surface area (Å²) in [6.45, 7) is 2.08. The van der Waals surface area contributed by atoms with Gasteiger partial charge in [-0.3, -0.25) is 0 Å². The van der Waals surface area contributed by atoms with Crippen molar-refractivity contribution in [3.63, 3.8) is 0 Å². The van der Waals surface area contributed by atoms with Crippen LogP contribution in [0.15, 0.2) is 54.7 Å². The van der Waals surface area contributed by atoms with Gasteiger partial charge >= 0.3 is 5.97 Å². The summed E-state index contributed by atoms with van der Waals surface area (Å²) in [4.78, 5) is 11.7. The molecule has 0 atom stereocenters. The van der Waals surface area contributed by atoms with Crippen LogP contribution in [0.5, 0.6) is 11.5 Å². The van der Waals surface area contributed by atoms with Crippen molar-refractivity contribution in [2.24, 2.45) is 0 Å². The van der Waals surface area contributed by atoms with Crippen LogP contribution in [0.25, 0.3) is 16.9 Å². The van der Waals surface area contributed by atoms with E-state index in [0.717, 1.165) is 5.69 Å². The van der Waals surface area contributed by atoms with E-state index in [0.29, 0.717) is 23.4 Å². The zero-order chi connectivity index (χ0) is 17.1. The highest BCUT2D eigenvalue weighted by Gasteiger charge is 2.13. The molecular formula is C18H16N2O4. The molecule has 0 aliphatic carbocycles.